The predicted molar refractivity (Wildman–Crippen MR) is 72.9 cm³/mol. The van der Waals surface area contributed by atoms with Gasteiger partial charge in [-0.05, 0) is 43.1 Å². The second kappa shape index (κ2) is 5.31. The summed E-state index contributed by atoms with van der Waals surface area (Å²) in [6.07, 6.45) is 1.96. The van der Waals surface area contributed by atoms with Crippen LogP contribution in [0.15, 0.2) is 18.2 Å². The number of ether oxygens (including phenoxy) is 1. The van der Waals surface area contributed by atoms with Crippen LogP contribution in [0.5, 0.6) is 0 Å². The van der Waals surface area contributed by atoms with Gasteiger partial charge in [-0.1, -0.05) is 6.07 Å². The van der Waals surface area contributed by atoms with Crippen molar-refractivity contribution in [2.24, 2.45) is 0 Å². The Kier molecular flexibility index (Phi) is 3.53. The molecule has 0 unspecified atom stereocenters. The van der Waals surface area contributed by atoms with Gasteiger partial charge in [-0.2, -0.15) is 0 Å². The highest BCUT2D eigenvalue weighted by Gasteiger charge is 2.21. The van der Waals surface area contributed by atoms with Gasteiger partial charge in [0.25, 0.3) is 0 Å². The molecule has 4 nitrogen and oxygen atoms in total. The van der Waals surface area contributed by atoms with Gasteiger partial charge in [0.15, 0.2) is 0 Å². The summed E-state index contributed by atoms with van der Waals surface area (Å²) in [5, 5.41) is 3.28. The summed E-state index contributed by atoms with van der Waals surface area (Å²) in [7, 11) is 2.10. The number of hydrogen-bond donors (Lipinski definition) is 1. The van der Waals surface area contributed by atoms with Gasteiger partial charge < -0.3 is 15.0 Å². The van der Waals surface area contributed by atoms with E-state index in [1.807, 2.05) is 18.2 Å². The zero-order chi connectivity index (χ0) is 13.2. The molecule has 0 bridgehead atoms. The molecule has 3 rings (SSSR count). The summed E-state index contributed by atoms with van der Waals surface area (Å²) in [4.78, 5) is 14.4. The molecule has 1 aromatic carbocycles. The minimum atomic E-state index is -0.177. The number of carbonyl (C=O) groups excluding carboxylic acids is 1. The van der Waals surface area contributed by atoms with Crippen molar-refractivity contribution in [1.82, 2.24) is 10.2 Å². The molecule has 4 heteroatoms. The number of fused-ring (bicyclic) bond motifs is 1. The van der Waals surface area contributed by atoms with E-state index in [0.29, 0.717) is 5.56 Å². The van der Waals surface area contributed by atoms with Crippen LogP contribution in [0.25, 0.3) is 0 Å². The first kappa shape index (κ1) is 12.6. The lowest BCUT2D eigenvalue weighted by Crippen LogP contribution is -2.35. The minimum Gasteiger partial charge on any atom is -0.459 e. The second-order valence-electron chi connectivity index (χ2n) is 5.49. The Balaban J connectivity index is 1.64. The van der Waals surface area contributed by atoms with Crippen molar-refractivity contribution >= 4 is 5.97 Å². The summed E-state index contributed by atoms with van der Waals surface area (Å²) in [5.41, 5.74) is 3.19. The first-order valence-electron chi connectivity index (χ1n) is 6.94. The van der Waals surface area contributed by atoms with Crippen LogP contribution in [0.2, 0.25) is 0 Å². The predicted octanol–water partition coefficient (Wildman–Crippen LogP) is 1.54. The van der Waals surface area contributed by atoms with Crippen molar-refractivity contribution < 1.29 is 9.53 Å². The summed E-state index contributed by atoms with van der Waals surface area (Å²) >= 11 is 0. The molecule has 2 heterocycles. The quantitative estimate of drug-likeness (QED) is 0.819. The van der Waals surface area contributed by atoms with Crippen LogP contribution in [0, 0.1) is 0 Å². The summed E-state index contributed by atoms with van der Waals surface area (Å²) in [6, 6.07) is 5.87. The van der Waals surface area contributed by atoms with Gasteiger partial charge in [0, 0.05) is 26.2 Å². The fraction of sp³-hybridized carbons (Fsp3) is 0.533. The largest absolute Gasteiger partial charge is 0.459 e. The van der Waals surface area contributed by atoms with E-state index in [2.05, 4.69) is 17.3 Å². The Morgan fingerprint density at radius 1 is 1.26 bits per heavy atom. The van der Waals surface area contributed by atoms with Gasteiger partial charge in [-0.3, -0.25) is 0 Å². The third-order valence-electron chi connectivity index (χ3n) is 4.01. The molecule has 1 N–H and O–H groups in total. The van der Waals surface area contributed by atoms with Gasteiger partial charge in [0.1, 0.15) is 6.10 Å². The Bertz CT molecular complexity index is 479. The fourth-order valence-electron chi connectivity index (χ4n) is 2.74. The van der Waals surface area contributed by atoms with Crippen LogP contribution < -0.4 is 5.32 Å². The topological polar surface area (TPSA) is 41.6 Å². The number of hydrogen-bond acceptors (Lipinski definition) is 4. The van der Waals surface area contributed by atoms with Crippen LogP contribution in [0.3, 0.4) is 0 Å². The zero-order valence-corrected chi connectivity index (χ0v) is 11.3. The Morgan fingerprint density at radius 3 is 2.79 bits per heavy atom. The van der Waals surface area contributed by atoms with E-state index in [1.165, 1.54) is 11.1 Å². The summed E-state index contributed by atoms with van der Waals surface area (Å²) < 4.78 is 5.60. The van der Waals surface area contributed by atoms with Gasteiger partial charge in [-0.25, -0.2) is 4.79 Å². The molecule has 102 valence electrons. The zero-order valence-electron chi connectivity index (χ0n) is 11.3. The third kappa shape index (κ3) is 2.80. The highest BCUT2D eigenvalue weighted by molar-refractivity contribution is 5.89. The lowest BCUT2D eigenvalue weighted by Gasteiger charge is -2.28. The number of carbonyl (C=O) groups is 1. The fourth-order valence-corrected chi connectivity index (χ4v) is 2.74. The van der Waals surface area contributed by atoms with Crippen molar-refractivity contribution in [1.29, 1.82) is 0 Å². The number of rotatable bonds is 2. The number of likely N-dealkylation sites (tertiary alicyclic amines) is 1. The van der Waals surface area contributed by atoms with E-state index in [9.17, 15) is 4.79 Å². The molecule has 0 spiro atoms. The highest BCUT2D eigenvalue weighted by atomic mass is 16.5. The number of benzene rings is 1. The standard InChI is InChI=1S/C15H20N2O2/c1-17-6-4-14(5-7-17)19-15(18)11-2-3-12-9-16-10-13(12)8-11/h2-3,8,14,16H,4-7,9-10H2,1H3. The van der Waals surface area contributed by atoms with E-state index in [1.54, 1.807) is 0 Å². The minimum absolute atomic E-state index is 0.0788. The average molecular weight is 260 g/mol. The van der Waals surface area contributed by atoms with Gasteiger partial charge in [0.05, 0.1) is 5.56 Å². The monoisotopic (exact) mass is 260 g/mol. The first-order valence-corrected chi connectivity index (χ1v) is 6.94. The van der Waals surface area contributed by atoms with Gasteiger partial charge in [0.2, 0.25) is 0 Å². The van der Waals surface area contributed by atoms with Crippen LogP contribution >= 0.6 is 0 Å². The van der Waals surface area contributed by atoms with Crippen molar-refractivity contribution in [2.75, 3.05) is 20.1 Å². The molecule has 2 aliphatic rings. The van der Waals surface area contributed by atoms with E-state index in [4.69, 9.17) is 4.74 Å². The second-order valence-corrected chi connectivity index (χ2v) is 5.49. The van der Waals surface area contributed by atoms with E-state index < -0.39 is 0 Å². The molecule has 0 aliphatic carbocycles. The molecule has 0 amide bonds. The summed E-state index contributed by atoms with van der Waals surface area (Å²) in [6.45, 7) is 3.77. The van der Waals surface area contributed by atoms with Crippen molar-refractivity contribution in [3.8, 4) is 0 Å². The van der Waals surface area contributed by atoms with Crippen molar-refractivity contribution in [3.63, 3.8) is 0 Å². The van der Waals surface area contributed by atoms with E-state index in [-0.39, 0.29) is 12.1 Å². The van der Waals surface area contributed by atoms with Crippen LogP contribution in [-0.2, 0) is 17.8 Å². The maximum absolute atomic E-state index is 12.1. The average Bonchev–Trinajstić information content (AvgIpc) is 2.88. The Morgan fingerprint density at radius 2 is 2.00 bits per heavy atom. The lowest BCUT2D eigenvalue weighted by atomic mass is 10.1. The van der Waals surface area contributed by atoms with Crippen LogP contribution in [-0.4, -0.2) is 37.1 Å². The molecule has 0 radical (unpaired) electrons. The molecular formula is C15H20N2O2. The van der Waals surface area contributed by atoms with E-state index in [0.717, 1.165) is 39.0 Å². The van der Waals surface area contributed by atoms with E-state index >= 15 is 0 Å². The first-order chi connectivity index (χ1) is 9.22. The molecule has 1 saturated heterocycles. The molecule has 0 atom stereocenters. The molecule has 2 aliphatic heterocycles. The molecule has 0 aromatic heterocycles. The highest BCUT2D eigenvalue weighted by Crippen LogP contribution is 2.19. The molecule has 0 saturated carbocycles. The number of esters is 1. The van der Waals surface area contributed by atoms with Crippen LogP contribution in [0.1, 0.15) is 34.3 Å². The number of nitrogens with zero attached hydrogens (tertiary/aromatic N) is 1. The lowest BCUT2D eigenvalue weighted by molar-refractivity contribution is 0.0139. The maximum atomic E-state index is 12.1. The molecule has 1 aromatic rings. The Labute approximate surface area is 113 Å². The normalized spacial score (nSPS) is 20.3. The molecular weight excluding hydrogens is 240 g/mol. The van der Waals surface area contributed by atoms with Crippen molar-refractivity contribution in [2.45, 2.75) is 32.0 Å². The molecule has 19 heavy (non-hydrogen) atoms. The molecule has 1 fully saturated rings. The summed E-state index contributed by atoms with van der Waals surface area (Å²) in [5.74, 6) is -0.177. The van der Waals surface area contributed by atoms with Crippen LogP contribution in [0.4, 0.5) is 0 Å². The smallest absolute Gasteiger partial charge is 0.338 e. The SMILES string of the molecule is CN1CCC(OC(=O)c2ccc3c(c2)CNC3)CC1. The number of piperidine rings is 1. The van der Waals surface area contributed by atoms with Gasteiger partial charge >= 0.3 is 5.97 Å². The maximum Gasteiger partial charge on any atom is 0.338 e. The Hall–Kier alpha value is -1.39. The van der Waals surface area contributed by atoms with Crippen molar-refractivity contribution in [3.05, 3.63) is 34.9 Å². The number of nitrogens with one attached hydrogen (secondary N) is 1. The third-order valence-corrected chi connectivity index (χ3v) is 4.01. The van der Waals surface area contributed by atoms with Gasteiger partial charge in [-0.15, -0.1) is 0 Å².